The molecule has 3 heterocycles. The Hall–Kier alpha value is -4.82. The van der Waals surface area contributed by atoms with E-state index in [0.29, 0.717) is 20.6 Å². The van der Waals surface area contributed by atoms with Crippen LogP contribution < -0.4 is 14.9 Å². The van der Waals surface area contributed by atoms with Crippen molar-refractivity contribution in [3.8, 4) is 16.9 Å². The van der Waals surface area contributed by atoms with Crippen LogP contribution in [-0.2, 0) is 9.53 Å². The summed E-state index contributed by atoms with van der Waals surface area (Å²) in [4.78, 5) is 32.0. The van der Waals surface area contributed by atoms with Gasteiger partial charge in [0, 0.05) is 17.3 Å². The Bertz CT molecular complexity index is 1890. The first-order valence-corrected chi connectivity index (χ1v) is 13.2. The molecule has 6 rings (SSSR count). The molecule has 5 aromatic rings. The van der Waals surface area contributed by atoms with Gasteiger partial charge in [-0.15, -0.1) is 0 Å². The average molecular weight is 533 g/mol. The van der Waals surface area contributed by atoms with E-state index < -0.39 is 12.0 Å². The van der Waals surface area contributed by atoms with Crippen molar-refractivity contribution in [3.05, 3.63) is 139 Å². The van der Waals surface area contributed by atoms with Gasteiger partial charge in [-0.25, -0.2) is 14.5 Å². The van der Waals surface area contributed by atoms with Gasteiger partial charge in [0.1, 0.15) is 0 Å². The highest BCUT2D eigenvalue weighted by Gasteiger charge is 2.33. The van der Waals surface area contributed by atoms with Crippen LogP contribution >= 0.6 is 11.3 Å². The van der Waals surface area contributed by atoms with Crippen LogP contribution in [0.2, 0.25) is 0 Å². The quantitative estimate of drug-likeness (QED) is 0.317. The van der Waals surface area contributed by atoms with E-state index in [-0.39, 0.29) is 5.56 Å². The van der Waals surface area contributed by atoms with Gasteiger partial charge in [-0.3, -0.25) is 9.36 Å². The van der Waals surface area contributed by atoms with Crippen LogP contribution in [0.25, 0.3) is 23.0 Å². The van der Waals surface area contributed by atoms with Crippen LogP contribution in [0.1, 0.15) is 24.1 Å². The van der Waals surface area contributed by atoms with Gasteiger partial charge in [0.15, 0.2) is 4.80 Å². The van der Waals surface area contributed by atoms with E-state index >= 15 is 0 Å². The minimum absolute atomic E-state index is 0.229. The number of nitrogens with zero attached hydrogens (tertiary/aromatic N) is 4. The normalized spacial score (nSPS) is 15.1. The summed E-state index contributed by atoms with van der Waals surface area (Å²) in [6.07, 6.45) is 3.79. The van der Waals surface area contributed by atoms with Gasteiger partial charge in [-0.2, -0.15) is 5.10 Å². The molecule has 39 heavy (non-hydrogen) atoms. The Morgan fingerprint density at radius 3 is 2.26 bits per heavy atom. The molecule has 1 aliphatic heterocycles. The van der Waals surface area contributed by atoms with E-state index in [1.54, 1.807) is 11.5 Å². The molecule has 0 aliphatic carbocycles. The summed E-state index contributed by atoms with van der Waals surface area (Å²) in [7, 11) is 1.34. The lowest BCUT2D eigenvalue weighted by Gasteiger charge is -2.24. The first-order chi connectivity index (χ1) is 19.0. The second-order valence-electron chi connectivity index (χ2n) is 9.06. The van der Waals surface area contributed by atoms with E-state index in [1.807, 2.05) is 108 Å². The van der Waals surface area contributed by atoms with Gasteiger partial charge >= 0.3 is 5.97 Å². The Morgan fingerprint density at radius 2 is 1.59 bits per heavy atom. The maximum absolute atomic E-state index is 14.0. The van der Waals surface area contributed by atoms with E-state index in [2.05, 4.69) is 4.99 Å². The molecule has 0 unspecified atom stereocenters. The van der Waals surface area contributed by atoms with E-state index in [0.717, 1.165) is 28.1 Å². The number of carbonyl (C=O) groups excluding carboxylic acids is 1. The minimum Gasteiger partial charge on any atom is -0.466 e. The smallest absolute Gasteiger partial charge is 0.338 e. The van der Waals surface area contributed by atoms with Gasteiger partial charge in [0.05, 0.1) is 40.3 Å². The van der Waals surface area contributed by atoms with Crippen molar-refractivity contribution in [2.45, 2.75) is 13.0 Å². The third-order valence-electron chi connectivity index (χ3n) is 6.64. The van der Waals surface area contributed by atoms with Crippen molar-refractivity contribution in [3.63, 3.8) is 0 Å². The third-order valence-corrected chi connectivity index (χ3v) is 7.62. The predicted molar refractivity (Wildman–Crippen MR) is 151 cm³/mol. The summed E-state index contributed by atoms with van der Waals surface area (Å²) >= 11 is 1.29. The van der Waals surface area contributed by atoms with Crippen LogP contribution in [0.15, 0.2) is 118 Å². The molecule has 1 atom stereocenters. The largest absolute Gasteiger partial charge is 0.466 e. The Morgan fingerprint density at radius 1 is 0.949 bits per heavy atom. The molecule has 3 aromatic carbocycles. The third kappa shape index (κ3) is 4.45. The number of thiazole rings is 1. The van der Waals surface area contributed by atoms with E-state index in [9.17, 15) is 9.59 Å². The standard InChI is InChI=1S/C31H24N4O3S/c1-20-26(30(37)38-2)28(22-14-8-4-9-15-22)35-29(36)25(39-31(35)32-20)18-23-19-34(24-16-10-5-11-17-24)33-27(23)21-12-6-3-7-13-21/h3-19,28H,1-2H3/b25-18-/t28-/m0/s1. The lowest BCUT2D eigenvalue weighted by molar-refractivity contribution is -0.136. The molecule has 2 aromatic heterocycles. The van der Waals surface area contributed by atoms with Gasteiger partial charge < -0.3 is 4.74 Å². The number of fused-ring (bicyclic) bond motifs is 1. The second kappa shape index (κ2) is 10.2. The molecular weight excluding hydrogens is 508 g/mol. The number of allylic oxidation sites excluding steroid dienone is 1. The number of carbonyl (C=O) groups is 1. The van der Waals surface area contributed by atoms with Crippen LogP contribution in [0.3, 0.4) is 0 Å². The van der Waals surface area contributed by atoms with Crippen LogP contribution in [-0.4, -0.2) is 27.4 Å². The lowest BCUT2D eigenvalue weighted by Crippen LogP contribution is -2.39. The summed E-state index contributed by atoms with van der Waals surface area (Å²) in [5, 5.41) is 4.87. The molecule has 0 spiro atoms. The van der Waals surface area contributed by atoms with E-state index in [1.165, 1.54) is 18.4 Å². The van der Waals surface area contributed by atoms with Crippen molar-refractivity contribution in [2.75, 3.05) is 7.11 Å². The number of aromatic nitrogens is 3. The molecule has 0 amide bonds. The summed E-state index contributed by atoms with van der Waals surface area (Å²) in [5.41, 5.74) is 4.88. The van der Waals surface area contributed by atoms with Crippen molar-refractivity contribution in [1.29, 1.82) is 0 Å². The van der Waals surface area contributed by atoms with Crippen LogP contribution in [0.4, 0.5) is 0 Å². The monoisotopic (exact) mass is 532 g/mol. The highest BCUT2D eigenvalue weighted by atomic mass is 32.1. The fourth-order valence-corrected chi connectivity index (χ4v) is 5.85. The molecule has 8 heteroatoms. The molecule has 0 fully saturated rings. The maximum atomic E-state index is 14.0. The highest BCUT2D eigenvalue weighted by Crippen LogP contribution is 2.30. The molecule has 0 radical (unpaired) electrons. The van der Waals surface area contributed by atoms with Gasteiger partial charge in [0.2, 0.25) is 0 Å². The number of ether oxygens (including phenoxy) is 1. The van der Waals surface area contributed by atoms with Gasteiger partial charge in [0.25, 0.3) is 5.56 Å². The van der Waals surface area contributed by atoms with E-state index in [4.69, 9.17) is 9.84 Å². The molecule has 1 aliphatic rings. The number of benzene rings is 3. The van der Waals surface area contributed by atoms with Crippen molar-refractivity contribution < 1.29 is 9.53 Å². The minimum atomic E-state index is -0.641. The average Bonchev–Trinajstić information content (AvgIpc) is 3.54. The Kier molecular flexibility index (Phi) is 6.38. The first-order valence-electron chi connectivity index (χ1n) is 12.4. The first kappa shape index (κ1) is 24.5. The number of methoxy groups -OCH3 is 1. The molecule has 0 N–H and O–H groups in total. The Labute approximate surface area is 228 Å². The summed E-state index contributed by atoms with van der Waals surface area (Å²) < 4.78 is 9.00. The molecule has 0 bridgehead atoms. The number of para-hydroxylation sites is 1. The fraction of sp³-hybridized carbons (Fsp3) is 0.0968. The molecule has 7 nitrogen and oxygen atoms in total. The molecule has 0 saturated heterocycles. The summed E-state index contributed by atoms with van der Waals surface area (Å²) in [6, 6.07) is 28.6. The zero-order valence-electron chi connectivity index (χ0n) is 21.3. The predicted octanol–water partition coefficient (Wildman–Crippen LogP) is 4.26. The topological polar surface area (TPSA) is 78.5 Å². The molecule has 192 valence electrons. The van der Waals surface area contributed by atoms with Gasteiger partial charge in [-0.05, 0) is 30.7 Å². The number of hydrogen-bond acceptors (Lipinski definition) is 6. The van der Waals surface area contributed by atoms with Crippen molar-refractivity contribution in [1.82, 2.24) is 14.3 Å². The Balaban J connectivity index is 1.57. The summed E-state index contributed by atoms with van der Waals surface area (Å²) in [5.74, 6) is -0.505. The highest BCUT2D eigenvalue weighted by molar-refractivity contribution is 7.07. The number of hydrogen-bond donors (Lipinski definition) is 0. The SMILES string of the molecule is COC(=O)C1=C(C)N=c2s/c(=C\c3cn(-c4ccccc4)nc3-c3ccccc3)c(=O)n2[C@H]1c1ccccc1. The zero-order chi connectivity index (χ0) is 26.9. The van der Waals surface area contributed by atoms with Crippen LogP contribution in [0, 0.1) is 0 Å². The summed E-state index contributed by atoms with van der Waals surface area (Å²) in [6.45, 7) is 1.77. The lowest BCUT2D eigenvalue weighted by atomic mass is 9.96. The van der Waals surface area contributed by atoms with Gasteiger partial charge in [-0.1, -0.05) is 90.2 Å². The number of esters is 1. The second-order valence-corrected chi connectivity index (χ2v) is 10.1. The fourth-order valence-electron chi connectivity index (χ4n) is 4.81. The maximum Gasteiger partial charge on any atom is 0.338 e. The molecular formula is C31H24N4O3S. The number of rotatable bonds is 5. The van der Waals surface area contributed by atoms with Crippen molar-refractivity contribution in [2.24, 2.45) is 4.99 Å². The van der Waals surface area contributed by atoms with Crippen LogP contribution in [0.5, 0.6) is 0 Å². The molecule has 0 saturated carbocycles. The zero-order valence-corrected chi connectivity index (χ0v) is 22.1. The van der Waals surface area contributed by atoms with Crippen molar-refractivity contribution >= 4 is 23.4 Å².